The second-order valence-electron chi connectivity index (χ2n) is 4.27. The van der Waals surface area contributed by atoms with Crippen molar-refractivity contribution >= 4 is 33.8 Å². The summed E-state index contributed by atoms with van der Waals surface area (Å²) in [7, 11) is 0. The average molecular weight is 335 g/mol. The molecular formula is C14H11ClN4O2S. The van der Waals surface area contributed by atoms with Crippen molar-refractivity contribution in [1.82, 2.24) is 15.0 Å². The summed E-state index contributed by atoms with van der Waals surface area (Å²) in [6.07, 6.45) is 5.98. The zero-order valence-electron chi connectivity index (χ0n) is 11.6. The number of hydrogen-bond donors (Lipinski definition) is 0. The van der Waals surface area contributed by atoms with Gasteiger partial charge in [-0.05, 0) is 19.1 Å². The lowest BCUT2D eigenvalue weighted by Gasteiger charge is -2.17. The quantitative estimate of drug-likeness (QED) is 0.730. The Hall–Kier alpha value is -2.25. The van der Waals surface area contributed by atoms with E-state index in [-0.39, 0.29) is 16.8 Å². The van der Waals surface area contributed by atoms with Gasteiger partial charge in [0.2, 0.25) is 5.76 Å². The molecule has 0 aliphatic rings. The fourth-order valence-electron chi connectivity index (χ4n) is 1.91. The van der Waals surface area contributed by atoms with Gasteiger partial charge in [0, 0.05) is 24.5 Å². The minimum atomic E-state index is -0.303. The molecule has 1 amide bonds. The predicted octanol–water partition coefficient (Wildman–Crippen LogP) is 3.51. The van der Waals surface area contributed by atoms with Gasteiger partial charge in [-0.25, -0.2) is 9.97 Å². The van der Waals surface area contributed by atoms with Crippen LogP contribution in [0.25, 0.3) is 10.6 Å². The maximum Gasteiger partial charge on any atom is 0.296 e. The van der Waals surface area contributed by atoms with Gasteiger partial charge >= 0.3 is 0 Å². The second kappa shape index (κ2) is 6.25. The molecule has 3 rings (SSSR count). The van der Waals surface area contributed by atoms with Crippen LogP contribution in [0.2, 0.25) is 5.15 Å². The van der Waals surface area contributed by atoms with E-state index in [9.17, 15) is 4.79 Å². The number of hydrogen-bond acceptors (Lipinski definition) is 6. The van der Waals surface area contributed by atoms with E-state index in [2.05, 4.69) is 15.0 Å². The first-order valence-corrected chi connectivity index (χ1v) is 7.67. The highest BCUT2D eigenvalue weighted by atomic mass is 35.5. The van der Waals surface area contributed by atoms with Crippen molar-refractivity contribution < 1.29 is 9.21 Å². The van der Waals surface area contributed by atoms with Gasteiger partial charge in [0.05, 0.1) is 6.20 Å². The van der Waals surface area contributed by atoms with Crippen molar-refractivity contribution in [3.8, 4) is 10.6 Å². The van der Waals surface area contributed by atoms with Crippen molar-refractivity contribution in [2.75, 3.05) is 11.4 Å². The van der Waals surface area contributed by atoms with Gasteiger partial charge < -0.3 is 4.42 Å². The van der Waals surface area contributed by atoms with Crippen molar-refractivity contribution in [2.24, 2.45) is 0 Å². The Kier molecular flexibility index (Phi) is 4.17. The second-order valence-corrected chi connectivity index (χ2v) is 5.61. The fourth-order valence-corrected chi connectivity index (χ4v) is 3.27. The first kappa shape index (κ1) is 14.7. The summed E-state index contributed by atoms with van der Waals surface area (Å²) in [4.78, 5) is 26.1. The Morgan fingerprint density at radius 3 is 2.91 bits per heavy atom. The molecule has 0 aromatic carbocycles. The summed E-state index contributed by atoms with van der Waals surface area (Å²) in [5.74, 6) is -0.141. The number of oxazole rings is 1. The van der Waals surface area contributed by atoms with Gasteiger partial charge in [0.25, 0.3) is 5.91 Å². The zero-order valence-corrected chi connectivity index (χ0v) is 13.1. The number of carbonyl (C=O) groups is 1. The van der Waals surface area contributed by atoms with Crippen molar-refractivity contribution in [3.63, 3.8) is 0 Å². The number of halogens is 1. The number of carbonyl (C=O) groups excluding carboxylic acids is 1. The predicted molar refractivity (Wildman–Crippen MR) is 84.2 cm³/mol. The van der Waals surface area contributed by atoms with Gasteiger partial charge in [-0.2, -0.15) is 0 Å². The first-order chi connectivity index (χ1) is 10.7. The highest BCUT2D eigenvalue weighted by Crippen LogP contribution is 2.37. The van der Waals surface area contributed by atoms with E-state index < -0.39 is 0 Å². The molecule has 0 bridgehead atoms. The number of nitrogens with zero attached hydrogens (tertiary/aromatic N) is 4. The topological polar surface area (TPSA) is 72.1 Å². The zero-order chi connectivity index (χ0) is 15.5. The van der Waals surface area contributed by atoms with E-state index in [4.69, 9.17) is 16.0 Å². The molecule has 0 fully saturated rings. The standard InChI is InChI=1S/C14H11ClN4O2S/c1-2-19(13(20)10-7-17-8-21-10)14-11(15)18-12(22-14)9-4-3-5-16-6-9/h3-8H,2H2,1H3. The Morgan fingerprint density at radius 2 is 2.27 bits per heavy atom. The largest absolute Gasteiger partial charge is 0.438 e. The minimum absolute atomic E-state index is 0.161. The van der Waals surface area contributed by atoms with Gasteiger partial charge in [-0.15, -0.1) is 0 Å². The molecule has 0 unspecified atom stereocenters. The minimum Gasteiger partial charge on any atom is -0.438 e. The van der Waals surface area contributed by atoms with Crippen LogP contribution in [-0.2, 0) is 0 Å². The molecule has 8 heteroatoms. The molecule has 6 nitrogen and oxygen atoms in total. The molecule has 0 spiro atoms. The SMILES string of the molecule is CCN(C(=O)c1cnco1)c1sc(-c2cccnc2)nc1Cl. The molecule has 22 heavy (non-hydrogen) atoms. The lowest BCUT2D eigenvalue weighted by atomic mass is 10.3. The Balaban J connectivity index is 1.97. The number of pyridine rings is 1. The highest BCUT2D eigenvalue weighted by Gasteiger charge is 2.24. The van der Waals surface area contributed by atoms with E-state index >= 15 is 0 Å². The van der Waals surface area contributed by atoms with Crippen LogP contribution in [0.15, 0.2) is 41.5 Å². The van der Waals surface area contributed by atoms with Crippen LogP contribution >= 0.6 is 22.9 Å². The van der Waals surface area contributed by atoms with Crippen molar-refractivity contribution in [2.45, 2.75) is 6.92 Å². The summed E-state index contributed by atoms with van der Waals surface area (Å²) >= 11 is 7.54. The molecule has 3 heterocycles. The average Bonchev–Trinajstić information content (AvgIpc) is 3.19. The summed E-state index contributed by atoms with van der Waals surface area (Å²) < 4.78 is 5.06. The normalized spacial score (nSPS) is 10.6. The lowest BCUT2D eigenvalue weighted by molar-refractivity contribution is 0.0962. The van der Waals surface area contributed by atoms with E-state index in [0.29, 0.717) is 16.6 Å². The van der Waals surface area contributed by atoms with Crippen LogP contribution in [0.4, 0.5) is 5.00 Å². The van der Waals surface area contributed by atoms with E-state index in [0.717, 1.165) is 5.56 Å². The van der Waals surface area contributed by atoms with Crippen LogP contribution in [0.1, 0.15) is 17.5 Å². The first-order valence-electron chi connectivity index (χ1n) is 6.47. The number of aromatic nitrogens is 3. The van der Waals surface area contributed by atoms with Crippen LogP contribution in [0.5, 0.6) is 0 Å². The molecule has 0 saturated heterocycles. The van der Waals surface area contributed by atoms with Crippen molar-refractivity contribution in [3.05, 3.63) is 48.0 Å². The van der Waals surface area contributed by atoms with Crippen LogP contribution in [-0.4, -0.2) is 27.4 Å². The maximum atomic E-state index is 12.4. The van der Waals surface area contributed by atoms with E-state index in [1.54, 1.807) is 12.4 Å². The third-order valence-electron chi connectivity index (χ3n) is 2.93. The molecule has 0 N–H and O–H groups in total. The number of rotatable bonds is 4. The summed E-state index contributed by atoms with van der Waals surface area (Å²) in [6.45, 7) is 2.29. The molecule has 3 aromatic heterocycles. The third-order valence-corrected chi connectivity index (χ3v) is 4.43. The molecule has 0 atom stereocenters. The monoisotopic (exact) mass is 334 g/mol. The molecular weight excluding hydrogens is 324 g/mol. The summed E-state index contributed by atoms with van der Waals surface area (Å²) in [5.41, 5.74) is 0.851. The van der Waals surface area contributed by atoms with Crippen molar-refractivity contribution in [1.29, 1.82) is 0 Å². The van der Waals surface area contributed by atoms with Gasteiger partial charge in [0.15, 0.2) is 11.5 Å². The van der Waals surface area contributed by atoms with Gasteiger partial charge in [0.1, 0.15) is 10.0 Å². The number of amides is 1. The highest BCUT2D eigenvalue weighted by molar-refractivity contribution is 7.19. The maximum absolute atomic E-state index is 12.4. The Bertz CT molecular complexity index is 774. The molecule has 0 aliphatic carbocycles. The van der Waals surface area contributed by atoms with Gasteiger partial charge in [-0.3, -0.25) is 14.7 Å². The van der Waals surface area contributed by atoms with Gasteiger partial charge in [-0.1, -0.05) is 22.9 Å². The molecule has 3 aromatic rings. The smallest absolute Gasteiger partial charge is 0.296 e. The van der Waals surface area contributed by atoms with Crippen LogP contribution in [0.3, 0.4) is 0 Å². The summed E-state index contributed by atoms with van der Waals surface area (Å²) in [5, 5.41) is 1.56. The lowest BCUT2D eigenvalue weighted by Crippen LogP contribution is -2.29. The Labute approximate surface area is 135 Å². The number of thiazole rings is 1. The third kappa shape index (κ3) is 2.72. The van der Waals surface area contributed by atoms with E-state index in [1.807, 2.05) is 19.1 Å². The summed E-state index contributed by atoms with van der Waals surface area (Å²) in [6, 6.07) is 3.71. The molecule has 0 radical (unpaired) electrons. The molecule has 0 saturated carbocycles. The molecule has 0 aliphatic heterocycles. The molecule has 112 valence electrons. The van der Waals surface area contributed by atoms with Crippen LogP contribution < -0.4 is 4.90 Å². The fraction of sp³-hybridized carbons (Fsp3) is 0.143. The number of anilines is 1. The Morgan fingerprint density at radius 1 is 1.41 bits per heavy atom. The van der Waals surface area contributed by atoms with E-state index in [1.165, 1.54) is 28.8 Å². The van der Waals surface area contributed by atoms with Crippen LogP contribution in [0, 0.1) is 0 Å².